The van der Waals surface area contributed by atoms with Crippen LogP contribution in [-0.4, -0.2) is 11.0 Å². The van der Waals surface area contributed by atoms with Gasteiger partial charge in [0, 0.05) is 6.04 Å². The van der Waals surface area contributed by atoms with E-state index >= 15 is 0 Å². The van der Waals surface area contributed by atoms with Gasteiger partial charge >= 0.3 is 0 Å². The van der Waals surface area contributed by atoms with Crippen molar-refractivity contribution < 1.29 is 4.42 Å². The zero-order valence-corrected chi connectivity index (χ0v) is 7.92. The fraction of sp³-hybridized carbons (Fsp3) is 0.667. The maximum atomic E-state index is 5.18. The minimum Gasteiger partial charge on any atom is -0.432 e. The Morgan fingerprint density at radius 2 is 2.17 bits per heavy atom. The molecule has 0 aliphatic carbocycles. The lowest BCUT2D eigenvalue weighted by Crippen LogP contribution is -2.16. The fourth-order valence-electron chi connectivity index (χ4n) is 1.09. The molecule has 1 aromatic rings. The van der Waals surface area contributed by atoms with E-state index in [2.05, 4.69) is 24.1 Å². The van der Waals surface area contributed by atoms with Crippen molar-refractivity contribution in [2.45, 2.75) is 39.7 Å². The van der Waals surface area contributed by atoms with Crippen LogP contribution in [0.4, 0.5) is 6.01 Å². The summed E-state index contributed by atoms with van der Waals surface area (Å²) in [6.45, 7) is 6.22. The molecule has 0 amide bonds. The second-order valence-electron chi connectivity index (χ2n) is 2.95. The molecule has 0 fully saturated rings. The van der Waals surface area contributed by atoms with Gasteiger partial charge in [0.05, 0.1) is 5.69 Å². The average molecular weight is 168 g/mol. The van der Waals surface area contributed by atoms with Crippen molar-refractivity contribution in [1.82, 2.24) is 4.98 Å². The van der Waals surface area contributed by atoms with Crippen molar-refractivity contribution in [2.24, 2.45) is 0 Å². The first kappa shape index (κ1) is 9.10. The van der Waals surface area contributed by atoms with Crippen LogP contribution in [0.3, 0.4) is 0 Å². The quantitative estimate of drug-likeness (QED) is 0.750. The van der Waals surface area contributed by atoms with Gasteiger partial charge in [-0.3, -0.25) is 0 Å². The molecular formula is C9H16N2O. The first-order valence-electron chi connectivity index (χ1n) is 4.45. The van der Waals surface area contributed by atoms with E-state index in [-0.39, 0.29) is 0 Å². The van der Waals surface area contributed by atoms with E-state index in [4.69, 9.17) is 4.42 Å². The monoisotopic (exact) mass is 168 g/mol. The van der Waals surface area contributed by atoms with Gasteiger partial charge < -0.3 is 9.73 Å². The molecule has 1 N–H and O–H groups in total. The summed E-state index contributed by atoms with van der Waals surface area (Å²) in [6.07, 6.45) is 3.85. The normalized spacial score (nSPS) is 10.7. The summed E-state index contributed by atoms with van der Waals surface area (Å²) in [5.41, 5.74) is 0.920. The Hall–Kier alpha value is -0.990. The number of anilines is 1. The predicted molar refractivity (Wildman–Crippen MR) is 49.2 cm³/mol. The molecule has 1 aromatic heterocycles. The Bertz CT molecular complexity index is 228. The van der Waals surface area contributed by atoms with E-state index in [9.17, 15) is 0 Å². The number of nitrogens with zero attached hydrogens (tertiary/aromatic N) is 1. The third-order valence-corrected chi connectivity index (χ3v) is 1.93. The summed E-state index contributed by atoms with van der Waals surface area (Å²) in [5.74, 6) is 0. The summed E-state index contributed by atoms with van der Waals surface area (Å²) >= 11 is 0. The van der Waals surface area contributed by atoms with E-state index in [0.717, 1.165) is 18.5 Å². The highest BCUT2D eigenvalue weighted by Gasteiger charge is 2.06. The lowest BCUT2D eigenvalue weighted by molar-refractivity contribution is 0.547. The smallest absolute Gasteiger partial charge is 0.294 e. The third-order valence-electron chi connectivity index (χ3n) is 1.93. The number of hydrogen-bond donors (Lipinski definition) is 1. The lowest BCUT2D eigenvalue weighted by Gasteiger charge is -2.11. The molecule has 0 atom stereocenters. The molecule has 12 heavy (non-hydrogen) atoms. The van der Waals surface area contributed by atoms with Gasteiger partial charge in [-0.15, -0.1) is 0 Å². The van der Waals surface area contributed by atoms with Crippen molar-refractivity contribution >= 4 is 6.01 Å². The third kappa shape index (κ3) is 2.26. The molecule has 3 nitrogen and oxygen atoms in total. The molecule has 0 aliphatic rings. The van der Waals surface area contributed by atoms with Gasteiger partial charge in [-0.25, -0.2) is 0 Å². The topological polar surface area (TPSA) is 38.1 Å². The maximum Gasteiger partial charge on any atom is 0.294 e. The number of aromatic nitrogens is 1. The molecule has 68 valence electrons. The Morgan fingerprint density at radius 1 is 1.50 bits per heavy atom. The molecule has 1 rings (SSSR count). The zero-order chi connectivity index (χ0) is 8.97. The van der Waals surface area contributed by atoms with E-state index in [1.807, 2.05) is 6.92 Å². The molecule has 0 spiro atoms. The number of rotatable bonds is 4. The molecule has 0 aliphatic heterocycles. The molecule has 0 saturated heterocycles. The van der Waals surface area contributed by atoms with Crippen LogP contribution in [0.25, 0.3) is 0 Å². The van der Waals surface area contributed by atoms with Gasteiger partial charge in [-0.2, -0.15) is 4.98 Å². The standard InChI is InChI=1S/C9H16N2O/c1-4-8(5-2)11-9-10-7(3)6-12-9/h6,8H,4-5H2,1-3H3,(H,10,11). The van der Waals surface area contributed by atoms with E-state index in [1.165, 1.54) is 0 Å². The van der Waals surface area contributed by atoms with Gasteiger partial charge in [0.25, 0.3) is 6.01 Å². The van der Waals surface area contributed by atoms with Crippen molar-refractivity contribution in [3.8, 4) is 0 Å². The van der Waals surface area contributed by atoms with Crippen LogP contribution in [-0.2, 0) is 0 Å². The van der Waals surface area contributed by atoms with E-state index < -0.39 is 0 Å². The summed E-state index contributed by atoms with van der Waals surface area (Å²) in [7, 11) is 0. The van der Waals surface area contributed by atoms with Gasteiger partial charge in [0.2, 0.25) is 0 Å². The predicted octanol–water partition coefficient (Wildman–Crippen LogP) is 2.58. The Morgan fingerprint density at radius 3 is 2.58 bits per heavy atom. The molecule has 1 heterocycles. The zero-order valence-electron chi connectivity index (χ0n) is 7.92. The van der Waals surface area contributed by atoms with Gasteiger partial charge in [-0.1, -0.05) is 13.8 Å². The van der Waals surface area contributed by atoms with Crippen LogP contribution < -0.4 is 5.32 Å². The fourth-order valence-corrected chi connectivity index (χ4v) is 1.09. The molecule has 3 heteroatoms. The summed E-state index contributed by atoms with van der Waals surface area (Å²) in [4.78, 5) is 4.17. The molecule has 0 unspecified atom stereocenters. The average Bonchev–Trinajstić information content (AvgIpc) is 2.47. The number of hydrogen-bond acceptors (Lipinski definition) is 3. The van der Waals surface area contributed by atoms with Crippen LogP contribution in [0.5, 0.6) is 0 Å². The van der Waals surface area contributed by atoms with Crippen molar-refractivity contribution in [2.75, 3.05) is 5.32 Å². The molecule has 0 saturated carbocycles. The molecule has 0 bridgehead atoms. The first-order valence-corrected chi connectivity index (χ1v) is 4.45. The molecule has 0 radical (unpaired) electrons. The Balaban J connectivity index is 2.50. The van der Waals surface area contributed by atoms with Crippen molar-refractivity contribution in [3.63, 3.8) is 0 Å². The minimum absolute atomic E-state index is 0.475. The van der Waals surface area contributed by atoms with Crippen LogP contribution in [0, 0.1) is 6.92 Å². The number of aryl methyl sites for hydroxylation is 1. The van der Waals surface area contributed by atoms with E-state index in [0.29, 0.717) is 12.1 Å². The maximum absolute atomic E-state index is 5.18. The van der Waals surface area contributed by atoms with E-state index in [1.54, 1.807) is 6.26 Å². The minimum atomic E-state index is 0.475. The van der Waals surface area contributed by atoms with Crippen LogP contribution in [0.2, 0.25) is 0 Å². The molecular weight excluding hydrogens is 152 g/mol. The largest absolute Gasteiger partial charge is 0.432 e. The second-order valence-corrected chi connectivity index (χ2v) is 2.95. The van der Waals surface area contributed by atoms with Gasteiger partial charge in [0.15, 0.2) is 0 Å². The first-order chi connectivity index (χ1) is 5.76. The van der Waals surface area contributed by atoms with Gasteiger partial charge in [0.1, 0.15) is 6.26 Å². The Labute approximate surface area is 73.2 Å². The highest BCUT2D eigenvalue weighted by Crippen LogP contribution is 2.10. The lowest BCUT2D eigenvalue weighted by atomic mass is 10.2. The van der Waals surface area contributed by atoms with Gasteiger partial charge in [-0.05, 0) is 19.8 Å². The van der Waals surface area contributed by atoms with Crippen molar-refractivity contribution in [1.29, 1.82) is 0 Å². The molecule has 0 aromatic carbocycles. The number of nitrogens with one attached hydrogen (secondary N) is 1. The SMILES string of the molecule is CCC(CC)Nc1nc(C)co1. The highest BCUT2D eigenvalue weighted by molar-refractivity contribution is 5.22. The van der Waals surface area contributed by atoms with Crippen LogP contribution >= 0.6 is 0 Å². The van der Waals surface area contributed by atoms with Crippen molar-refractivity contribution in [3.05, 3.63) is 12.0 Å². The van der Waals surface area contributed by atoms with Crippen LogP contribution in [0.1, 0.15) is 32.4 Å². The Kier molecular flexibility index (Phi) is 3.14. The summed E-state index contributed by atoms with van der Waals surface area (Å²) < 4.78 is 5.18. The van der Waals surface area contributed by atoms with Crippen LogP contribution in [0.15, 0.2) is 10.7 Å². The second kappa shape index (κ2) is 4.14. The summed E-state index contributed by atoms with van der Waals surface area (Å²) in [6, 6.07) is 1.12. The highest BCUT2D eigenvalue weighted by atomic mass is 16.4. The summed E-state index contributed by atoms with van der Waals surface area (Å²) in [5, 5.41) is 3.22. The number of oxazole rings is 1.